The van der Waals surface area contributed by atoms with Crippen LogP contribution < -0.4 is 0 Å². The smallest absolute Gasteiger partial charge is 0.0726 e. The summed E-state index contributed by atoms with van der Waals surface area (Å²) in [6.45, 7) is 5.92. The molecule has 0 aromatic carbocycles. The van der Waals surface area contributed by atoms with Gasteiger partial charge in [0.05, 0.1) is 11.4 Å². The Balaban J connectivity index is 1.87. The number of nitrogens with one attached hydrogen (secondary N) is 1. The van der Waals surface area contributed by atoms with Crippen molar-refractivity contribution < 1.29 is 0 Å². The maximum Gasteiger partial charge on any atom is 0.0726 e. The lowest BCUT2D eigenvalue weighted by atomic mass is 10.1. The summed E-state index contributed by atoms with van der Waals surface area (Å²) in [7, 11) is 2.10. The van der Waals surface area contributed by atoms with Gasteiger partial charge in [0.1, 0.15) is 0 Å². The molecule has 2 heterocycles. The van der Waals surface area contributed by atoms with Crippen LogP contribution in [-0.2, 0) is 13.0 Å². The van der Waals surface area contributed by atoms with Gasteiger partial charge in [0.2, 0.25) is 0 Å². The second kappa shape index (κ2) is 5.73. The third-order valence-corrected chi connectivity index (χ3v) is 3.07. The molecule has 2 aromatic heterocycles. The van der Waals surface area contributed by atoms with Gasteiger partial charge in [-0.25, -0.2) is 0 Å². The Morgan fingerprint density at radius 3 is 2.72 bits per heavy atom. The minimum atomic E-state index is 0.823. The molecule has 0 aliphatic rings. The van der Waals surface area contributed by atoms with Crippen LogP contribution in [0.25, 0.3) is 0 Å². The van der Waals surface area contributed by atoms with Crippen LogP contribution in [0.3, 0.4) is 0 Å². The summed E-state index contributed by atoms with van der Waals surface area (Å²) >= 11 is 0. The van der Waals surface area contributed by atoms with Crippen molar-refractivity contribution in [1.29, 1.82) is 0 Å². The molecule has 0 bridgehead atoms. The molecule has 0 radical (unpaired) electrons. The number of nitrogens with zero attached hydrogens (tertiary/aromatic N) is 4. The first-order chi connectivity index (χ1) is 8.66. The van der Waals surface area contributed by atoms with Crippen molar-refractivity contribution in [3.63, 3.8) is 0 Å². The highest BCUT2D eigenvalue weighted by Gasteiger charge is 2.08. The summed E-state index contributed by atoms with van der Waals surface area (Å²) in [5, 5.41) is 7.23. The maximum atomic E-state index is 4.28. The Hall–Kier alpha value is -1.75. The van der Waals surface area contributed by atoms with E-state index in [1.165, 1.54) is 11.3 Å². The molecule has 0 aliphatic carbocycles. The predicted molar refractivity (Wildman–Crippen MR) is 70.1 cm³/mol. The average Bonchev–Trinajstić information content (AvgIpc) is 2.68. The lowest BCUT2D eigenvalue weighted by Gasteiger charge is -2.15. The average molecular weight is 245 g/mol. The molecule has 2 rings (SSSR count). The van der Waals surface area contributed by atoms with E-state index in [1.54, 1.807) is 12.4 Å². The minimum absolute atomic E-state index is 0.823. The first-order valence-corrected chi connectivity index (χ1v) is 6.10. The number of rotatable bonds is 5. The molecule has 0 saturated heterocycles. The number of aromatic nitrogens is 4. The normalized spacial score (nSPS) is 11.1. The van der Waals surface area contributed by atoms with Gasteiger partial charge < -0.3 is 4.90 Å². The summed E-state index contributed by atoms with van der Waals surface area (Å²) < 4.78 is 0. The van der Waals surface area contributed by atoms with Crippen molar-refractivity contribution in [2.45, 2.75) is 26.8 Å². The summed E-state index contributed by atoms with van der Waals surface area (Å²) in [4.78, 5) is 10.6. The standard InChI is InChI=1S/C13H19N5/c1-10-13(11(2)17-16-10)4-7-18(3)9-12-8-14-5-6-15-12/h5-6,8H,4,7,9H2,1-3H3,(H,16,17). The Bertz CT molecular complexity index is 472. The number of likely N-dealkylation sites (N-methyl/N-ethyl adjacent to an activating group) is 1. The molecule has 5 nitrogen and oxygen atoms in total. The van der Waals surface area contributed by atoms with Gasteiger partial charge in [0.25, 0.3) is 0 Å². The van der Waals surface area contributed by atoms with Crippen LogP contribution in [-0.4, -0.2) is 38.7 Å². The first kappa shape index (κ1) is 12.7. The first-order valence-electron chi connectivity index (χ1n) is 6.10. The van der Waals surface area contributed by atoms with Gasteiger partial charge in [-0.3, -0.25) is 15.1 Å². The van der Waals surface area contributed by atoms with Crippen molar-refractivity contribution in [3.05, 3.63) is 41.2 Å². The van der Waals surface area contributed by atoms with E-state index in [-0.39, 0.29) is 0 Å². The van der Waals surface area contributed by atoms with Crippen LogP contribution in [0.4, 0.5) is 0 Å². The fourth-order valence-electron chi connectivity index (χ4n) is 2.01. The second-order valence-corrected chi connectivity index (χ2v) is 4.60. The van der Waals surface area contributed by atoms with Gasteiger partial charge in [-0.1, -0.05) is 0 Å². The highest BCUT2D eigenvalue weighted by Crippen LogP contribution is 2.10. The van der Waals surface area contributed by atoms with E-state index < -0.39 is 0 Å². The SMILES string of the molecule is Cc1n[nH]c(C)c1CCN(C)Cc1cnccn1. The fourth-order valence-corrected chi connectivity index (χ4v) is 2.01. The van der Waals surface area contributed by atoms with Gasteiger partial charge in [-0.05, 0) is 32.9 Å². The Kier molecular flexibility index (Phi) is 4.04. The molecule has 0 spiro atoms. The zero-order valence-corrected chi connectivity index (χ0v) is 11.1. The maximum absolute atomic E-state index is 4.28. The number of hydrogen-bond acceptors (Lipinski definition) is 4. The third-order valence-electron chi connectivity index (χ3n) is 3.07. The van der Waals surface area contributed by atoms with Gasteiger partial charge in [-0.2, -0.15) is 5.10 Å². The van der Waals surface area contributed by atoms with E-state index in [2.05, 4.69) is 39.0 Å². The molecule has 0 saturated carbocycles. The van der Waals surface area contributed by atoms with E-state index >= 15 is 0 Å². The third kappa shape index (κ3) is 3.13. The second-order valence-electron chi connectivity index (χ2n) is 4.60. The Morgan fingerprint density at radius 2 is 2.11 bits per heavy atom. The van der Waals surface area contributed by atoms with Gasteiger partial charge >= 0.3 is 0 Å². The van der Waals surface area contributed by atoms with Crippen LogP contribution in [0.2, 0.25) is 0 Å². The van der Waals surface area contributed by atoms with Crippen LogP contribution >= 0.6 is 0 Å². The minimum Gasteiger partial charge on any atom is -0.300 e. The molecule has 1 N–H and O–H groups in total. The van der Waals surface area contributed by atoms with E-state index in [1.807, 2.05) is 13.1 Å². The van der Waals surface area contributed by atoms with E-state index in [0.717, 1.165) is 30.9 Å². The molecular formula is C13H19N5. The number of hydrogen-bond donors (Lipinski definition) is 1. The van der Waals surface area contributed by atoms with E-state index in [0.29, 0.717) is 0 Å². The Morgan fingerprint density at radius 1 is 1.28 bits per heavy atom. The summed E-state index contributed by atoms with van der Waals surface area (Å²) in [5.41, 5.74) is 4.59. The number of aromatic amines is 1. The molecule has 2 aromatic rings. The molecule has 0 atom stereocenters. The molecule has 18 heavy (non-hydrogen) atoms. The highest BCUT2D eigenvalue weighted by atomic mass is 15.1. The molecule has 5 heteroatoms. The summed E-state index contributed by atoms with van der Waals surface area (Å²) in [5.74, 6) is 0. The van der Waals surface area contributed by atoms with Crippen molar-refractivity contribution >= 4 is 0 Å². The lowest BCUT2D eigenvalue weighted by Crippen LogP contribution is -2.21. The zero-order valence-electron chi connectivity index (χ0n) is 11.1. The van der Waals surface area contributed by atoms with Crippen molar-refractivity contribution in [2.24, 2.45) is 0 Å². The molecule has 0 aliphatic heterocycles. The van der Waals surface area contributed by atoms with Crippen LogP contribution in [0.1, 0.15) is 22.6 Å². The topological polar surface area (TPSA) is 57.7 Å². The molecule has 0 fully saturated rings. The van der Waals surface area contributed by atoms with Gasteiger partial charge in [-0.15, -0.1) is 0 Å². The highest BCUT2D eigenvalue weighted by molar-refractivity contribution is 5.23. The predicted octanol–water partition coefficient (Wildman–Crippen LogP) is 1.49. The molecule has 96 valence electrons. The van der Waals surface area contributed by atoms with Crippen LogP contribution in [0.5, 0.6) is 0 Å². The van der Waals surface area contributed by atoms with Crippen LogP contribution in [0, 0.1) is 13.8 Å². The zero-order chi connectivity index (χ0) is 13.0. The largest absolute Gasteiger partial charge is 0.300 e. The van der Waals surface area contributed by atoms with E-state index in [9.17, 15) is 0 Å². The number of aryl methyl sites for hydroxylation is 2. The van der Waals surface area contributed by atoms with Crippen LogP contribution in [0.15, 0.2) is 18.6 Å². The number of H-pyrrole nitrogens is 1. The summed E-state index contributed by atoms with van der Waals surface area (Å²) in [6, 6.07) is 0. The molecule has 0 amide bonds. The monoisotopic (exact) mass is 245 g/mol. The van der Waals surface area contributed by atoms with Crippen molar-refractivity contribution in [1.82, 2.24) is 25.1 Å². The van der Waals surface area contributed by atoms with Gasteiger partial charge in [0, 0.05) is 37.4 Å². The van der Waals surface area contributed by atoms with Gasteiger partial charge in [0.15, 0.2) is 0 Å². The van der Waals surface area contributed by atoms with Crippen molar-refractivity contribution in [3.8, 4) is 0 Å². The Labute approximate surface area is 107 Å². The molecular weight excluding hydrogens is 226 g/mol. The van der Waals surface area contributed by atoms with Crippen molar-refractivity contribution in [2.75, 3.05) is 13.6 Å². The fraction of sp³-hybridized carbons (Fsp3) is 0.462. The summed E-state index contributed by atoms with van der Waals surface area (Å²) in [6.07, 6.45) is 6.24. The van der Waals surface area contributed by atoms with E-state index in [4.69, 9.17) is 0 Å². The lowest BCUT2D eigenvalue weighted by molar-refractivity contribution is 0.326. The molecule has 0 unspecified atom stereocenters. The quantitative estimate of drug-likeness (QED) is 0.867.